The van der Waals surface area contributed by atoms with Crippen LogP contribution < -0.4 is 9.47 Å². The molecular formula is C17H25NO3. The number of carbonyl (C=O) groups excluding carboxylic acids is 1. The fourth-order valence-corrected chi connectivity index (χ4v) is 2.71. The van der Waals surface area contributed by atoms with Gasteiger partial charge in [-0.3, -0.25) is 4.79 Å². The Morgan fingerprint density at radius 3 is 2.57 bits per heavy atom. The number of hydrogen-bond acceptors (Lipinski definition) is 4. The van der Waals surface area contributed by atoms with Crippen LogP contribution in [0.25, 0.3) is 0 Å². The van der Waals surface area contributed by atoms with Crippen LogP contribution in [0, 0.1) is 5.92 Å². The van der Waals surface area contributed by atoms with Crippen LogP contribution in [0.1, 0.15) is 36.5 Å². The highest BCUT2D eigenvalue weighted by Gasteiger charge is 2.18. The molecule has 0 aromatic heterocycles. The van der Waals surface area contributed by atoms with Gasteiger partial charge in [0.2, 0.25) is 0 Å². The molecule has 0 amide bonds. The van der Waals surface area contributed by atoms with Crippen molar-refractivity contribution < 1.29 is 14.3 Å². The maximum absolute atomic E-state index is 12.4. The standard InChI is InChI=1S/C17H25NO3/c1-13-6-9-18(10-7-13)11-8-16(19)15-5-4-14(20-2)12-17(15)21-3/h4-5,12-13H,6-11H2,1-3H3. The number of hydrogen-bond donors (Lipinski definition) is 0. The molecule has 4 nitrogen and oxygen atoms in total. The van der Waals surface area contributed by atoms with Gasteiger partial charge in [-0.05, 0) is 44.0 Å². The summed E-state index contributed by atoms with van der Waals surface area (Å²) >= 11 is 0. The lowest BCUT2D eigenvalue weighted by molar-refractivity contribution is 0.0950. The Bertz CT molecular complexity index is 479. The predicted molar refractivity (Wildman–Crippen MR) is 83.3 cm³/mol. The van der Waals surface area contributed by atoms with Crippen molar-refractivity contribution in [2.45, 2.75) is 26.2 Å². The Kier molecular flexibility index (Phi) is 5.62. The fraction of sp³-hybridized carbons (Fsp3) is 0.588. The van der Waals surface area contributed by atoms with Crippen molar-refractivity contribution in [3.05, 3.63) is 23.8 Å². The number of rotatable bonds is 6. The quantitative estimate of drug-likeness (QED) is 0.755. The summed E-state index contributed by atoms with van der Waals surface area (Å²) in [5, 5.41) is 0. The number of likely N-dealkylation sites (tertiary alicyclic amines) is 1. The molecule has 1 saturated heterocycles. The molecule has 116 valence electrons. The van der Waals surface area contributed by atoms with Gasteiger partial charge in [0.05, 0.1) is 19.8 Å². The van der Waals surface area contributed by atoms with Gasteiger partial charge >= 0.3 is 0 Å². The number of Topliss-reactive ketones (excluding diaryl/α,β-unsaturated/α-hetero) is 1. The van der Waals surface area contributed by atoms with Crippen LogP contribution in [0.4, 0.5) is 0 Å². The van der Waals surface area contributed by atoms with Crippen LogP contribution in [-0.2, 0) is 0 Å². The highest BCUT2D eigenvalue weighted by atomic mass is 16.5. The zero-order valence-electron chi connectivity index (χ0n) is 13.2. The number of nitrogens with zero attached hydrogens (tertiary/aromatic N) is 1. The van der Waals surface area contributed by atoms with Gasteiger partial charge in [-0.1, -0.05) is 6.92 Å². The molecule has 0 atom stereocenters. The van der Waals surface area contributed by atoms with Crippen LogP contribution in [0.2, 0.25) is 0 Å². The molecule has 1 aliphatic rings. The lowest BCUT2D eigenvalue weighted by Crippen LogP contribution is -2.34. The van der Waals surface area contributed by atoms with E-state index < -0.39 is 0 Å². The second kappa shape index (κ2) is 7.46. The minimum atomic E-state index is 0.133. The molecule has 1 heterocycles. The smallest absolute Gasteiger partial charge is 0.167 e. The highest BCUT2D eigenvalue weighted by Crippen LogP contribution is 2.26. The van der Waals surface area contributed by atoms with E-state index in [9.17, 15) is 4.79 Å². The van der Waals surface area contributed by atoms with E-state index >= 15 is 0 Å². The summed E-state index contributed by atoms with van der Waals surface area (Å²) in [4.78, 5) is 14.8. The molecule has 0 aliphatic carbocycles. The summed E-state index contributed by atoms with van der Waals surface area (Å²) in [5.41, 5.74) is 0.642. The number of benzene rings is 1. The van der Waals surface area contributed by atoms with Gasteiger partial charge in [-0.25, -0.2) is 0 Å². The third-order valence-corrected chi connectivity index (χ3v) is 4.24. The number of piperidine rings is 1. The van der Waals surface area contributed by atoms with E-state index in [0.717, 1.165) is 25.6 Å². The van der Waals surface area contributed by atoms with Crippen molar-refractivity contribution in [2.24, 2.45) is 5.92 Å². The van der Waals surface area contributed by atoms with Crippen LogP contribution in [-0.4, -0.2) is 44.5 Å². The molecule has 2 rings (SSSR count). The SMILES string of the molecule is COc1ccc(C(=O)CCN2CCC(C)CC2)c(OC)c1. The molecule has 0 unspecified atom stereocenters. The van der Waals surface area contributed by atoms with E-state index in [1.807, 2.05) is 0 Å². The second-order valence-corrected chi connectivity index (χ2v) is 5.76. The van der Waals surface area contributed by atoms with Crippen LogP contribution in [0.15, 0.2) is 18.2 Å². The average Bonchev–Trinajstić information content (AvgIpc) is 2.53. The molecule has 1 aromatic rings. The van der Waals surface area contributed by atoms with Crippen molar-refractivity contribution >= 4 is 5.78 Å². The molecule has 0 bridgehead atoms. The van der Waals surface area contributed by atoms with E-state index in [-0.39, 0.29) is 5.78 Å². The number of carbonyl (C=O) groups is 1. The van der Waals surface area contributed by atoms with Gasteiger partial charge in [0.15, 0.2) is 5.78 Å². The first kappa shape index (κ1) is 15.8. The minimum absolute atomic E-state index is 0.133. The van der Waals surface area contributed by atoms with E-state index in [0.29, 0.717) is 23.5 Å². The fourth-order valence-electron chi connectivity index (χ4n) is 2.71. The van der Waals surface area contributed by atoms with Gasteiger partial charge < -0.3 is 14.4 Å². The topological polar surface area (TPSA) is 38.8 Å². The third-order valence-electron chi connectivity index (χ3n) is 4.24. The van der Waals surface area contributed by atoms with E-state index in [1.165, 1.54) is 12.8 Å². The second-order valence-electron chi connectivity index (χ2n) is 5.76. The van der Waals surface area contributed by atoms with Crippen LogP contribution in [0.3, 0.4) is 0 Å². The van der Waals surface area contributed by atoms with Gasteiger partial charge in [0.1, 0.15) is 11.5 Å². The van der Waals surface area contributed by atoms with E-state index in [2.05, 4.69) is 11.8 Å². The molecule has 0 saturated carbocycles. The Balaban J connectivity index is 1.94. The van der Waals surface area contributed by atoms with Gasteiger partial charge in [0, 0.05) is 19.0 Å². The zero-order chi connectivity index (χ0) is 15.2. The first-order chi connectivity index (χ1) is 10.1. The summed E-state index contributed by atoms with van der Waals surface area (Å²) in [6, 6.07) is 5.35. The number of methoxy groups -OCH3 is 2. The molecular weight excluding hydrogens is 266 g/mol. The Morgan fingerprint density at radius 1 is 1.24 bits per heavy atom. The molecule has 21 heavy (non-hydrogen) atoms. The van der Waals surface area contributed by atoms with Crippen LogP contribution in [0.5, 0.6) is 11.5 Å². The van der Waals surface area contributed by atoms with Gasteiger partial charge in [0.25, 0.3) is 0 Å². The summed E-state index contributed by atoms with van der Waals surface area (Å²) in [5.74, 6) is 2.24. The average molecular weight is 291 g/mol. The summed E-state index contributed by atoms with van der Waals surface area (Å²) in [7, 11) is 3.19. The van der Waals surface area contributed by atoms with Crippen molar-refractivity contribution in [3.63, 3.8) is 0 Å². The number of ether oxygens (including phenoxy) is 2. The molecule has 4 heteroatoms. The normalized spacial score (nSPS) is 16.7. The van der Waals surface area contributed by atoms with Crippen molar-refractivity contribution in [1.29, 1.82) is 0 Å². The van der Waals surface area contributed by atoms with Gasteiger partial charge in [-0.2, -0.15) is 0 Å². The lowest BCUT2D eigenvalue weighted by atomic mass is 9.98. The van der Waals surface area contributed by atoms with Gasteiger partial charge in [-0.15, -0.1) is 0 Å². The molecule has 1 aromatic carbocycles. The minimum Gasteiger partial charge on any atom is -0.497 e. The van der Waals surface area contributed by atoms with Crippen LogP contribution >= 0.6 is 0 Å². The molecule has 0 N–H and O–H groups in total. The Morgan fingerprint density at radius 2 is 1.95 bits per heavy atom. The maximum Gasteiger partial charge on any atom is 0.167 e. The van der Waals surface area contributed by atoms with Crippen molar-refractivity contribution in [1.82, 2.24) is 4.90 Å². The first-order valence-corrected chi connectivity index (χ1v) is 7.61. The first-order valence-electron chi connectivity index (χ1n) is 7.61. The predicted octanol–water partition coefficient (Wildman–Crippen LogP) is 3.01. The molecule has 0 radical (unpaired) electrons. The molecule has 1 aliphatic heterocycles. The Labute approximate surface area is 127 Å². The highest BCUT2D eigenvalue weighted by molar-refractivity contribution is 5.99. The summed E-state index contributed by atoms with van der Waals surface area (Å²) < 4.78 is 10.5. The molecule has 1 fully saturated rings. The zero-order valence-corrected chi connectivity index (χ0v) is 13.2. The summed E-state index contributed by atoms with van der Waals surface area (Å²) in [6.45, 7) is 5.34. The van der Waals surface area contributed by atoms with Crippen molar-refractivity contribution in [3.8, 4) is 11.5 Å². The monoisotopic (exact) mass is 291 g/mol. The van der Waals surface area contributed by atoms with E-state index in [4.69, 9.17) is 9.47 Å². The third kappa shape index (κ3) is 4.21. The van der Waals surface area contributed by atoms with E-state index in [1.54, 1.807) is 32.4 Å². The lowest BCUT2D eigenvalue weighted by Gasteiger charge is -2.29. The number of ketones is 1. The largest absolute Gasteiger partial charge is 0.497 e. The molecule has 0 spiro atoms. The maximum atomic E-state index is 12.4. The Hall–Kier alpha value is -1.55. The van der Waals surface area contributed by atoms with Crippen molar-refractivity contribution in [2.75, 3.05) is 33.9 Å². The summed E-state index contributed by atoms with van der Waals surface area (Å²) in [6.07, 6.45) is 3.01.